The lowest BCUT2D eigenvalue weighted by molar-refractivity contribution is -0.118. The van der Waals surface area contributed by atoms with Crippen molar-refractivity contribution < 1.29 is 14.4 Å². The minimum Gasteiger partial charge on any atom is -0.370 e. The quantitative estimate of drug-likeness (QED) is 0.574. The molecule has 6 N–H and O–H groups in total. The molecule has 0 aromatic heterocycles. The zero-order chi connectivity index (χ0) is 16.7. The molecule has 1 atom stereocenters. The molecule has 1 aromatic rings. The van der Waals surface area contributed by atoms with Gasteiger partial charge in [0.2, 0.25) is 11.8 Å². The highest BCUT2D eigenvalue weighted by Crippen LogP contribution is 2.12. The molecule has 3 amide bonds. The van der Waals surface area contributed by atoms with Gasteiger partial charge in [0.15, 0.2) is 0 Å². The van der Waals surface area contributed by atoms with Gasteiger partial charge in [-0.1, -0.05) is 19.9 Å². The fourth-order valence-corrected chi connectivity index (χ4v) is 1.67. The van der Waals surface area contributed by atoms with Crippen molar-refractivity contribution in [2.45, 2.75) is 26.3 Å². The lowest BCUT2D eigenvalue weighted by Crippen LogP contribution is -2.39. The summed E-state index contributed by atoms with van der Waals surface area (Å²) in [5, 5.41) is 5.25. The van der Waals surface area contributed by atoms with Crippen molar-refractivity contribution in [3.63, 3.8) is 0 Å². The Bertz CT molecular complexity index is 557. The molecule has 120 valence electrons. The Hall–Kier alpha value is -2.41. The molecule has 0 aliphatic rings. The molecular formula is C15H22N4O3. The number of anilines is 1. The number of nitrogens with one attached hydrogen (secondary N) is 2. The van der Waals surface area contributed by atoms with Gasteiger partial charge in [-0.2, -0.15) is 0 Å². The molecule has 0 saturated heterocycles. The number of amides is 3. The van der Waals surface area contributed by atoms with Gasteiger partial charge in [0, 0.05) is 24.2 Å². The second-order valence-electron chi connectivity index (χ2n) is 5.31. The standard InChI is InChI=1S/C15H22N4O3/c1-9(2)13(17)15(22)19-11-5-3-4-10(8-11)14(21)18-7-6-12(16)20/h3-5,8-9,13H,6-7,17H2,1-2H3,(H2,16,20)(H,18,21)(H,19,22)/t13-/m0/s1. The molecule has 0 bridgehead atoms. The van der Waals surface area contributed by atoms with Gasteiger partial charge in [0.1, 0.15) is 0 Å². The van der Waals surface area contributed by atoms with Crippen LogP contribution >= 0.6 is 0 Å². The van der Waals surface area contributed by atoms with Crippen LogP contribution in [-0.2, 0) is 9.59 Å². The molecule has 0 fully saturated rings. The van der Waals surface area contributed by atoms with Gasteiger partial charge in [-0.05, 0) is 24.1 Å². The smallest absolute Gasteiger partial charge is 0.251 e. The number of primary amides is 1. The molecule has 0 saturated carbocycles. The van der Waals surface area contributed by atoms with Crippen LogP contribution in [0.25, 0.3) is 0 Å². The highest BCUT2D eigenvalue weighted by atomic mass is 16.2. The van der Waals surface area contributed by atoms with E-state index in [-0.39, 0.29) is 30.7 Å². The summed E-state index contributed by atoms with van der Waals surface area (Å²) in [4.78, 5) is 34.4. The maximum atomic E-state index is 11.9. The Balaban J connectivity index is 2.67. The first-order chi connectivity index (χ1) is 10.3. The van der Waals surface area contributed by atoms with E-state index >= 15 is 0 Å². The summed E-state index contributed by atoms with van der Waals surface area (Å²) in [5.74, 6) is -1.11. The van der Waals surface area contributed by atoms with Crippen molar-refractivity contribution in [3.05, 3.63) is 29.8 Å². The highest BCUT2D eigenvalue weighted by molar-refractivity contribution is 5.98. The van der Waals surface area contributed by atoms with Crippen LogP contribution in [0, 0.1) is 5.92 Å². The van der Waals surface area contributed by atoms with E-state index in [4.69, 9.17) is 11.5 Å². The first-order valence-corrected chi connectivity index (χ1v) is 7.04. The van der Waals surface area contributed by atoms with E-state index in [1.165, 1.54) is 0 Å². The summed E-state index contributed by atoms with van der Waals surface area (Å²) >= 11 is 0. The summed E-state index contributed by atoms with van der Waals surface area (Å²) in [5.41, 5.74) is 11.6. The maximum Gasteiger partial charge on any atom is 0.251 e. The number of hydrogen-bond acceptors (Lipinski definition) is 4. The normalized spacial score (nSPS) is 11.8. The largest absolute Gasteiger partial charge is 0.370 e. The van der Waals surface area contributed by atoms with Gasteiger partial charge in [0.05, 0.1) is 6.04 Å². The molecule has 1 rings (SSSR count). The molecule has 7 heteroatoms. The minimum atomic E-state index is -0.618. The Labute approximate surface area is 129 Å². The van der Waals surface area contributed by atoms with Gasteiger partial charge < -0.3 is 22.1 Å². The Morgan fingerprint density at radius 2 is 1.91 bits per heavy atom. The van der Waals surface area contributed by atoms with Crippen molar-refractivity contribution in [2.24, 2.45) is 17.4 Å². The van der Waals surface area contributed by atoms with Gasteiger partial charge in [-0.15, -0.1) is 0 Å². The van der Waals surface area contributed by atoms with E-state index in [1.54, 1.807) is 24.3 Å². The SMILES string of the molecule is CC(C)[C@H](N)C(=O)Nc1cccc(C(=O)NCCC(N)=O)c1. The lowest BCUT2D eigenvalue weighted by atomic mass is 10.0. The zero-order valence-electron chi connectivity index (χ0n) is 12.8. The third kappa shape index (κ3) is 5.53. The average Bonchev–Trinajstić information content (AvgIpc) is 2.46. The second-order valence-corrected chi connectivity index (χ2v) is 5.31. The van der Waals surface area contributed by atoms with Crippen molar-refractivity contribution in [1.29, 1.82) is 0 Å². The van der Waals surface area contributed by atoms with Gasteiger partial charge in [0.25, 0.3) is 5.91 Å². The van der Waals surface area contributed by atoms with Crippen LogP contribution in [0.5, 0.6) is 0 Å². The van der Waals surface area contributed by atoms with Crippen LogP contribution in [0.3, 0.4) is 0 Å². The van der Waals surface area contributed by atoms with E-state index in [0.717, 1.165) is 0 Å². The number of carbonyl (C=O) groups excluding carboxylic acids is 3. The monoisotopic (exact) mass is 306 g/mol. The fraction of sp³-hybridized carbons (Fsp3) is 0.400. The number of hydrogen-bond donors (Lipinski definition) is 4. The van der Waals surface area contributed by atoms with Crippen molar-refractivity contribution in [2.75, 3.05) is 11.9 Å². The maximum absolute atomic E-state index is 11.9. The van der Waals surface area contributed by atoms with Crippen LogP contribution in [-0.4, -0.2) is 30.3 Å². The molecular weight excluding hydrogens is 284 g/mol. The second kappa shape index (κ2) is 8.14. The summed E-state index contributed by atoms with van der Waals surface area (Å²) in [7, 11) is 0. The molecule has 0 unspecified atom stereocenters. The molecule has 0 heterocycles. The number of carbonyl (C=O) groups is 3. The van der Waals surface area contributed by atoms with E-state index in [9.17, 15) is 14.4 Å². The van der Waals surface area contributed by atoms with E-state index in [0.29, 0.717) is 11.3 Å². The molecule has 0 radical (unpaired) electrons. The predicted octanol–water partition coefficient (Wildman–Crippen LogP) is 0.214. The molecule has 0 aliphatic carbocycles. The first kappa shape index (κ1) is 17.6. The average molecular weight is 306 g/mol. The molecule has 7 nitrogen and oxygen atoms in total. The molecule has 22 heavy (non-hydrogen) atoms. The number of nitrogens with two attached hydrogens (primary N) is 2. The third-order valence-corrected chi connectivity index (χ3v) is 3.07. The van der Waals surface area contributed by atoms with Crippen LogP contribution < -0.4 is 22.1 Å². The first-order valence-electron chi connectivity index (χ1n) is 7.04. The van der Waals surface area contributed by atoms with Crippen molar-refractivity contribution >= 4 is 23.4 Å². The van der Waals surface area contributed by atoms with E-state index < -0.39 is 11.9 Å². The van der Waals surface area contributed by atoms with Crippen molar-refractivity contribution in [3.8, 4) is 0 Å². The molecule has 0 spiro atoms. The van der Waals surface area contributed by atoms with E-state index in [2.05, 4.69) is 10.6 Å². The fourth-order valence-electron chi connectivity index (χ4n) is 1.67. The Kier molecular flexibility index (Phi) is 6.52. The Morgan fingerprint density at radius 3 is 2.50 bits per heavy atom. The van der Waals surface area contributed by atoms with Crippen molar-refractivity contribution in [1.82, 2.24) is 5.32 Å². The Morgan fingerprint density at radius 1 is 1.23 bits per heavy atom. The zero-order valence-corrected chi connectivity index (χ0v) is 12.8. The van der Waals surface area contributed by atoms with Crippen LogP contribution in [0.2, 0.25) is 0 Å². The highest BCUT2D eigenvalue weighted by Gasteiger charge is 2.17. The van der Waals surface area contributed by atoms with E-state index in [1.807, 2.05) is 13.8 Å². The molecule has 0 aliphatic heterocycles. The number of benzene rings is 1. The topological polar surface area (TPSA) is 127 Å². The van der Waals surface area contributed by atoms with Gasteiger partial charge in [-0.25, -0.2) is 0 Å². The summed E-state index contributed by atoms with van der Waals surface area (Å²) < 4.78 is 0. The van der Waals surface area contributed by atoms with Gasteiger partial charge >= 0.3 is 0 Å². The van der Waals surface area contributed by atoms with Gasteiger partial charge in [-0.3, -0.25) is 14.4 Å². The predicted molar refractivity (Wildman–Crippen MR) is 84.0 cm³/mol. The number of rotatable bonds is 7. The summed E-state index contributed by atoms with van der Waals surface area (Å²) in [6.45, 7) is 3.88. The minimum absolute atomic E-state index is 0.0141. The van der Waals surface area contributed by atoms with Crippen LogP contribution in [0.4, 0.5) is 5.69 Å². The lowest BCUT2D eigenvalue weighted by Gasteiger charge is -2.15. The summed E-state index contributed by atoms with van der Waals surface area (Å²) in [6, 6.07) is 5.86. The van der Waals surface area contributed by atoms with Crippen LogP contribution in [0.15, 0.2) is 24.3 Å². The van der Waals surface area contributed by atoms with Crippen LogP contribution in [0.1, 0.15) is 30.6 Å². The summed E-state index contributed by atoms with van der Waals surface area (Å²) in [6.07, 6.45) is 0.0748. The molecule has 1 aromatic carbocycles. The third-order valence-electron chi connectivity index (χ3n) is 3.07.